The van der Waals surface area contributed by atoms with Gasteiger partial charge in [0, 0.05) is 11.8 Å². The van der Waals surface area contributed by atoms with Crippen LogP contribution in [0.3, 0.4) is 0 Å². The van der Waals surface area contributed by atoms with Crippen LogP contribution in [0.2, 0.25) is 5.02 Å². The van der Waals surface area contributed by atoms with Crippen LogP contribution in [0.25, 0.3) is 11.0 Å². The standard InChI is InChI=1S/C21H16ClN5O4S/c1-13-6-9-15(10-7-13)32(30,31)26-21-20(24-17-4-2-3-5-18(17)25-21)23-14-8-11-16(22)19(12-14)27(28)29/h2-12H,1H3,(H,23,24)(H,25,26). The molecule has 0 spiro atoms. The van der Waals surface area contributed by atoms with Gasteiger partial charge in [-0.3, -0.25) is 14.8 Å². The molecule has 0 radical (unpaired) electrons. The Morgan fingerprint density at radius 2 is 1.56 bits per heavy atom. The molecule has 0 unspecified atom stereocenters. The topological polar surface area (TPSA) is 127 Å². The molecule has 4 rings (SSSR count). The minimum atomic E-state index is -3.96. The molecule has 0 saturated carbocycles. The summed E-state index contributed by atoms with van der Waals surface area (Å²) in [5, 5.41) is 14.1. The first kappa shape index (κ1) is 21.5. The number of fused-ring (bicyclic) bond motifs is 1. The van der Waals surface area contributed by atoms with Crippen molar-refractivity contribution in [3.63, 3.8) is 0 Å². The van der Waals surface area contributed by atoms with Crippen molar-refractivity contribution in [1.29, 1.82) is 0 Å². The minimum absolute atomic E-state index is 0.0227. The number of anilines is 3. The van der Waals surface area contributed by atoms with Gasteiger partial charge in [-0.25, -0.2) is 18.4 Å². The van der Waals surface area contributed by atoms with Gasteiger partial charge < -0.3 is 5.32 Å². The maximum atomic E-state index is 12.9. The lowest BCUT2D eigenvalue weighted by Crippen LogP contribution is -2.16. The van der Waals surface area contributed by atoms with Crippen LogP contribution in [0.1, 0.15) is 5.56 Å². The molecule has 0 saturated heterocycles. The number of hydrogen-bond donors (Lipinski definition) is 2. The first-order valence-electron chi connectivity index (χ1n) is 9.30. The van der Waals surface area contributed by atoms with Crippen molar-refractivity contribution >= 4 is 55.7 Å². The maximum Gasteiger partial charge on any atom is 0.289 e. The molecule has 9 nitrogen and oxygen atoms in total. The highest BCUT2D eigenvalue weighted by Gasteiger charge is 2.20. The molecule has 11 heteroatoms. The zero-order chi connectivity index (χ0) is 22.9. The Morgan fingerprint density at radius 1 is 0.938 bits per heavy atom. The van der Waals surface area contributed by atoms with Crippen molar-refractivity contribution in [3.8, 4) is 0 Å². The first-order valence-corrected chi connectivity index (χ1v) is 11.2. The normalized spacial score (nSPS) is 11.3. The van der Waals surface area contributed by atoms with Gasteiger partial charge in [-0.05, 0) is 43.3 Å². The fraction of sp³-hybridized carbons (Fsp3) is 0.0476. The number of nitro groups is 1. The van der Waals surface area contributed by atoms with E-state index in [-0.39, 0.29) is 27.2 Å². The summed E-state index contributed by atoms with van der Waals surface area (Å²) < 4.78 is 28.3. The van der Waals surface area contributed by atoms with Gasteiger partial charge in [0.25, 0.3) is 15.7 Å². The fourth-order valence-corrected chi connectivity index (χ4v) is 4.12. The summed E-state index contributed by atoms with van der Waals surface area (Å²) in [7, 11) is -3.96. The highest BCUT2D eigenvalue weighted by atomic mass is 35.5. The minimum Gasteiger partial charge on any atom is -0.337 e. The summed E-state index contributed by atoms with van der Waals surface area (Å²) in [4.78, 5) is 19.5. The molecule has 162 valence electrons. The Kier molecular flexibility index (Phi) is 5.64. The monoisotopic (exact) mass is 469 g/mol. The largest absolute Gasteiger partial charge is 0.337 e. The Bertz CT molecular complexity index is 1440. The van der Waals surface area contributed by atoms with Gasteiger partial charge in [-0.1, -0.05) is 41.4 Å². The lowest BCUT2D eigenvalue weighted by atomic mass is 10.2. The zero-order valence-corrected chi connectivity index (χ0v) is 18.2. The van der Waals surface area contributed by atoms with E-state index in [0.29, 0.717) is 16.7 Å². The van der Waals surface area contributed by atoms with Gasteiger partial charge in [-0.2, -0.15) is 0 Å². The van der Waals surface area contributed by atoms with E-state index in [9.17, 15) is 18.5 Å². The fourth-order valence-electron chi connectivity index (χ4n) is 2.93. The van der Waals surface area contributed by atoms with Crippen LogP contribution in [0.15, 0.2) is 71.6 Å². The lowest BCUT2D eigenvalue weighted by molar-refractivity contribution is -0.384. The average Bonchev–Trinajstić information content (AvgIpc) is 2.75. The number of para-hydroxylation sites is 2. The number of benzene rings is 3. The number of sulfonamides is 1. The number of hydrogen-bond acceptors (Lipinski definition) is 7. The van der Waals surface area contributed by atoms with E-state index in [2.05, 4.69) is 20.0 Å². The number of rotatable bonds is 6. The van der Waals surface area contributed by atoms with Crippen molar-refractivity contribution in [3.05, 3.63) is 87.4 Å². The third-order valence-corrected chi connectivity index (χ3v) is 6.21. The summed E-state index contributed by atoms with van der Waals surface area (Å²) in [5.74, 6) is 0.0258. The van der Waals surface area contributed by atoms with Gasteiger partial charge in [0.15, 0.2) is 11.6 Å². The van der Waals surface area contributed by atoms with Crippen molar-refractivity contribution in [1.82, 2.24) is 9.97 Å². The van der Waals surface area contributed by atoms with Crippen molar-refractivity contribution in [2.75, 3.05) is 10.0 Å². The summed E-state index contributed by atoms with van der Waals surface area (Å²) in [5.41, 5.74) is 1.90. The van der Waals surface area contributed by atoms with E-state index < -0.39 is 14.9 Å². The molecule has 0 fully saturated rings. The average molecular weight is 470 g/mol. The molecule has 0 bridgehead atoms. The van der Waals surface area contributed by atoms with Crippen LogP contribution in [0.5, 0.6) is 0 Å². The molecule has 3 aromatic carbocycles. The second-order valence-corrected chi connectivity index (χ2v) is 8.97. The Hall–Kier alpha value is -3.76. The van der Waals surface area contributed by atoms with Crippen LogP contribution in [-0.4, -0.2) is 23.3 Å². The Morgan fingerprint density at radius 3 is 2.19 bits per heavy atom. The van der Waals surface area contributed by atoms with E-state index in [1.807, 2.05) is 6.92 Å². The molecule has 0 aliphatic rings. The molecular weight excluding hydrogens is 454 g/mol. The van der Waals surface area contributed by atoms with Crippen molar-refractivity contribution < 1.29 is 13.3 Å². The Labute approximate surface area is 188 Å². The van der Waals surface area contributed by atoms with E-state index in [1.54, 1.807) is 36.4 Å². The number of nitrogens with one attached hydrogen (secondary N) is 2. The zero-order valence-electron chi connectivity index (χ0n) is 16.6. The second kappa shape index (κ2) is 8.40. The third kappa shape index (κ3) is 4.46. The predicted molar refractivity (Wildman–Crippen MR) is 123 cm³/mol. The number of nitro benzene ring substituents is 1. The molecule has 1 heterocycles. The van der Waals surface area contributed by atoms with Crippen molar-refractivity contribution in [2.24, 2.45) is 0 Å². The quantitative estimate of drug-likeness (QED) is 0.299. The highest BCUT2D eigenvalue weighted by Crippen LogP contribution is 2.31. The molecule has 0 atom stereocenters. The second-order valence-electron chi connectivity index (χ2n) is 6.88. The van der Waals surface area contributed by atoms with E-state index in [0.717, 1.165) is 5.56 Å². The first-order chi connectivity index (χ1) is 15.2. The molecule has 0 amide bonds. The SMILES string of the molecule is Cc1ccc(S(=O)(=O)Nc2nc3ccccc3nc2Nc2ccc(Cl)c([N+](=O)[O-])c2)cc1. The predicted octanol–water partition coefficient (Wildman–Crippen LogP) is 5.04. The van der Waals surface area contributed by atoms with Crippen LogP contribution >= 0.6 is 11.6 Å². The molecule has 0 aliphatic heterocycles. The molecule has 2 N–H and O–H groups in total. The van der Waals surface area contributed by atoms with Gasteiger partial charge in [0.1, 0.15) is 5.02 Å². The van der Waals surface area contributed by atoms with Crippen LogP contribution in [-0.2, 0) is 10.0 Å². The lowest BCUT2D eigenvalue weighted by Gasteiger charge is -2.14. The summed E-state index contributed by atoms with van der Waals surface area (Å²) in [6.07, 6.45) is 0. The Balaban J connectivity index is 1.78. The molecule has 32 heavy (non-hydrogen) atoms. The molecule has 1 aromatic heterocycles. The maximum absolute atomic E-state index is 12.9. The molecular formula is C21H16ClN5O4S. The van der Waals surface area contributed by atoms with Gasteiger partial charge in [0.05, 0.1) is 20.9 Å². The van der Waals surface area contributed by atoms with Crippen LogP contribution in [0.4, 0.5) is 23.0 Å². The third-order valence-electron chi connectivity index (χ3n) is 4.54. The summed E-state index contributed by atoms with van der Waals surface area (Å²) in [6, 6.07) is 17.4. The number of aromatic nitrogens is 2. The molecule has 0 aliphatic carbocycles. The molecule has 4 aromatic rings. The van der Waals surface area contributed by atoms with Gasteiger partial charge in [-0.15, -0.1) is 0 Å². The summed E-state index contributed by atoms with van der Waals surface area (Å²) in [6.45, 7) is 1.85. The smallest absolute Gasteiger partial charge is 0.289 e. The van der Waals surface area contributed by atoms with Crippen LogP contribution in [0, 0.1) is 17.0 Å². The number of aryl methyl sites for hydroxylation is 1. The summed E-state index contributed by atoms with van der Waals surface area (Å²) >= 11 is 5.88. The van der Waals surface area contributed by atoms with Gasteiger partial charge in [0.2, 0.25) is 0 Å². The van der Waals surface area contributed by atoms with Crippen LogP contribution < -0.4 is 10.0 Å². The number of halogens is 1. The number of nitrogens with zero attached hydrogens (tertiary/aromatic N) is 3. The van der Waals surface area contributed by atoms with Gasteiger partial charge >= 0.3 is 0 Å². The highest BCUT2D eigenvalue weighted by molar-refractivity contribution is 7.92. The van der Waals surface area contributed by atoms with E-state index in [4.69, 9.17) is 11.6 Å². The van der Waals surface area contributed by atoms with E-state index in [1.165, 1.54) is 30.3 Å². The van der Waals surface area contributed by atoms with Crippen molar-refractivity contribution in [2.45, 2.75) is 11.8 Å². The van der Waals surface area contributed by atoms with E-state index >= 15 is 0 Å².